The van der Waals surface area contributed by atoms with Gasteiger partial charge in [-0.15, -0.1) is 11.3 Å². The van der Waals surface area contributed by atoms with Crippen LogP contribution >= 0.6 is 11.3 Å². The third kappa shape index (κ3) is 4.03. The van der Waals surface area contributed by atoms with Gasteiger partial charge < -0.3 is 0 Å². The molecule has 0 spiro atoms. The third-order valence-electron chi connectivity index (χ3n) is 5.92. The van der Waals surface area contributed by atoms with Crippen molar-refractivity contribution in [1.29, 1.82) is 0 Å². The van der Waals surface area contributed by atoms with Gasteiger partial charge in [0.25, 0.3) is 5.91 Å². The lowest BCUT2D eigenvalue weighted by Gasteiger charge is -2.28. The van der Waals surface area contributed by atoms with Crippen LogP contribution in [0.4, 0.5) is 5.13 Å². The van der Waals surface area contributed by atoms with Crippen molar-refractivity contribution in [3.05, 3.63) is 75.8 Å². The fourth-order valence-corrected chi connectivity index (χ4v) is 6.64. The number of aromatic nitrogens is 1. The number of nitrogens with zero attached hydrogens (tertiary/aromatic N) is 2. The van der Waals surface area contributed by atoms with Crippen molar-refractivity contribution < 1.29 is 13.2 Å². The summed E-state index contributed by atoms with van der Waals surface area (Å²) in [5.41, 5.74) is 3.75. The standard InChI is InChI=1S/C23H23N3O3S2/c27-22(25-23-24-20-7-3-4-8-21(20)30-23)17-9-11-19(12-10-17)31(28,29)26-14-13-16-5-1-2-6-18(16)15-26/h1-2,5-6,9-12H,3-4,7-8,13-15H2,(H,24,25,27). The van der Waals surface area contributed by atoms with Gasteiger partial charge in [-0.25, -0.2) is 13.4 Å². The maximum absolute atomic E-state index is 13.1. The first-order valence-corrected chi connectivity index (χ1v) is 12.7. The van der Waals surface area contributed by atoms with E-state index in [2.05, 4.69) is 10.3 Å². The zero-order valence-electron chi connectivity index (χ0n) is 17.0. The number of hydrogen-bond acceptors (Lipinski definition) is 5. The Morgan fingerprint density at radius 1 is 0.968 bits per heavy atom. The number of nitrogens with one attached hydrogen (secondary N) is 1. The van der Waals surface area contributed by atoms with Gasteiger partial charge in [-0.2, -0.15) is 4.31 Å². The van der Waals surface area contributed by atoms with Gasteiger partial charge in [-0.05, 0) is 67.5 Å². The van der Waals surface area contributed by atoms with Gasteiger partial charge in [0.15, 0.2) is 5.13 Å². The maximum Gasteiger partial charge on any atom is 0.257 e. The molecule has 1 aliphatic heterocycles. The predicted octanol–water partition coefficient (Wildman–Crippen LogP) is 4.02. The quantitative estimate of drug-likeness (QED) is 0.647. The molecule has 0 fully saturated rings. The number of carbonyl (C=O) groups is 1. The van der Waals surface area contributed by atoms with E-state index < -0.39 is 10.0 Å². The van der Waals surface area contributed by atoms with Crippen LogP contribution in [0.5, 0.6) is 0 Å². The smallest absolute Gasteiger partial charge is 0.257 e. The number of anilines is 1. The molecule has 0 bridgehead atoms. The number of benzene rings is 2. The van der Waals surface area contributed by atoms with E-state index in [1.54, 1.807) is 12.1 Å². The summed E-state index contributed by atoms with van der Waals surface area (Å²) in [6.45, 7) is 0.825. The van der Waals surface area contributed by atoms with Crippen molar-refractivity contribution in [2.45, 2.75) is 43.5 Å². The molecule has 0 saturated heterocycles. The zero-order chi connectivity index (χ0) is 21.4. The summed E-state index contributed by atoms with van der Waals surface area (Å²) < 4.78 is 27.7. The van der Waals surface area contributed by atoms with Crippen LogP contribution in [-0.2, 0) is 35.8 Å². The topological polar surface area (TPSA) is 79.4 Å². The van der Waals surface area contributed by atoms with E-state index in [0.29, 0.717) is 30.2 Å². The number of fused-ring (bicyclic) bond motifs is 2. The van der Waals surface area contributed by atoms with Crippen LogP contribution in [0.3, 0.4) is 0 Å². The summed E-state index contributed by atoms with van der Waals surface area (Å²) in [6, 6.07) is 14.1. The molecule has 2 heterocycles. The van der Waals surface area contributed by atoms with E-state index in [1.165, 1.54) is 44.6 Å². The minimum absolute atomic E-state index is 0.202. The number of amides is 1. The van der Waals surface area contributed by atoms with Gasteiger partial charge in [0.1, 0.15) is 0 Å². The van der Waals surface area contributed by atoms with Crippen molar-refractivity contribution in [3.8, 4) is 0 Å². The molecular formula is C23H23N3O3S2. The van der Waals surface area contributed by atoms with E-state index in [9.17, 15) is 13.2 Å². The highest BCUT2D eigenvalue weighted by Crippen LogP contribution is 2.30. The largest absolute Gasteiger partial charge is 0.298 e. The minimum atomic E-state index is -3.62. The molecule has 0 radical (unpaired) electrons. The first-order valence-electron chi connectivity index (χ1n) is 10.5. The van der Waals surface area contributed by atoms with Gasteiger partial charge in [0.2, 0.25) is 10.0 Å². The predicted molar refractivity (Wildman–Crippen MR) is 121 cm³/mol. The lowest BCUT2D eigenvalue weighted by Crippen LogP contribution is -2.35. The number of aryl methyl sites for hydroxylation is 2. The van der Waals surface area contributed by atoms with Gasteiger partial charge in [-0.1, -0.05) is 24.3 Å². The van der Waals surface area contributed by atoms with E-state index in [4.69, 9.17) is 0 Å². The minimum Gasteiger partial charge on any atom is -0.298 e. The molecule has 1 amide bonds. The molecule has 160 valence electrons. The summed E-state index contributed by atoms with van der Waals surface area (Å²) in [6.07, 6.45) is 5.00. The molecule has 1 aromatic heterocycles. The summed E-state index contributed by atoms with van der Waals surface area (Å²) in [4.78, 5) is 18.6. The van der Waals surface area contributed by atoms with Crippen LogP contribution in [0.15, 0.2) is 53.4 Å². The number of thiazole rings is 1. The highest BCUT2D eigenvalue weighted by molar-refractivity contribution is 7.89. The fourth-order valence-electron chi connectivity index (χ4n) is 4.18. The molecule has 5 rings (SSSR count). The summed E-state index contributed by atoms with van der Waals surface area (Å²) in [5.74, 6) is -0.276. The monoisotopic (exact) mass is 453 g/mol. The van der Waals surface area contributed by atoms with Crippen LogP contribution in [0, 0.1) is 0 Å². The maximum atomic E-state index is 13.1. The van der Waals surface area contributed by atoms with E-state index in [1.807, 2.05) is 24.3 Å². The number of rotatable bonds is 4. The second-order valence-corrected chi connectivity index (χ2v) is 11.0. The molecule has 2 aliphatic rings. The van der Waals surface area contributed by atoms with Crippen molar-refractivity contribution in [2.24, 2.45) is 0 Å². The van der Waals surface area contributed by atoms with Crippen molar-refractivity contribution in [1.82, 2.24) is 9.29 Å². The molecule has 1 aliphatic carbocycles. The Labute approximate surface area is 186 Å². The van der Waals surface area contributed by atoms with Crippen LogP contribution in [0.25, 0.3) is 0 Å². The highest BCUT2D eigenvalue weighted by Gasteiger charge is 2.28. The molecular weight excluding hydrogens is 430 g/mol. The molecule has 1 N–H and O–H groups in total. The number of carbonyl (C=O) groups excluding carboxylic acids is 1. The molecule has 0 unspecified atom stereocenters. The van der Waals surface area contributed by atoms with Crippen molar-refractivity contribution in [3.63, 3.8) is 0 Å². The molecule has 31 heavy (non-hydrogen) atoms. The molecule has 6 nitrogen and oxygen atoms in total. The summed E-state index contributed by atoms with van der Waals surface area (Å²) >= 11 is 1.53. The Morgan fingerprint density at radius 2 is 1.71 bits per heavy atom. The number of hydrogen-bond donors (Lipinski definition) is 1. The molecule has 2 aromatic carbocycles. The van der Waals surface area contributed by atoms with Crippen LogP contribution < -0.4 is 5.32 Å². The fraction of sp³-hybridized carbons (Fsp3) is 0.304. The Hall–Kier alpha value is -2.55. The van der Waals surface area contributed by atoms with Gasteiger partial charge >= 0.3 is 0 Å². The Bertz CT molecular complexity index is 1210. The second kappa shape index (κ2) is 8.18. The van der Waals surface area contributed by atoms with Crippen molar-refractivity contribution in [2.75, 3.05) is 11.9 Å². The average Bonchev–Trinajstić information content (AvgIpc) is 3.21. The molecule has 0 saturated carbocycles. The third-order valence-corrected chi connectivity index (χ3v) is 8.85. The SMILES string of the molecule is O=C(Nc1nc2c(s1)CCCC2)c1ccc(S(=O)(=O)N2CCc3ccccc3C2)cc1. The second-order valence-electron chi connectivity index (χ2n) is 7.93. The van der Waals surface area contributed by atoms with Gasteiger partial charge in [-0.3, -0.25) is 10.1 Å². The van der Waals surface area contributed by atoms with Crippen molar-refractivity contribution >= 4 is 32.4 Å². The Kier molecular flexibility index (Phi) is 5.37. The first-order chi connectivity index (χ1) is 15.0. The lowest BCUT2D eigenvalue weighted by molar-refractivity contribution is 0.102. The molecule has 8 heteroatoms. The lowest BCUT2D eigenvalue weighted by atomic mass is 10.0. The zero-order valence-corrected chi connectivity index (χ0v) is 18.6. The van der Waals surface area contributed by atoms with Gasteiger partial charge in [0, 0.05) is 23.5 Å². The molecule has 3 aromatic rings. The average molecular weight is 454 g/mol. The summed E-state index contributed by atoms with van der Waals surface area (Å²) in [5, 5.41) is 3.47. The molecule has 0 atom stereocenters. The van der Waals surface area contributed by atoms with Crippen LogP contribution in [0.2, 0.25) is 0 Å². The number of sulfonamides is 1. The summed E-state index contributed by atoms with van der Waals surface area (Å²) in [7, 11) is -3.62. The van der Waals surface area contributed by atoms with E-state index in [0.717, 1.165) is 30.5 Å². The normalized spacial score (nSPS) is 16.4. The van der Waals surface area contributed by atoms with E-state index >= 15 is 0 Å². The van der Waals surface area contributed by atoms with Crippen LogP contribution in [-0.4, -0.2) is 30.2 Å². The Morgan fingerprint density at radius 3 is 2.48 bits per heavy atom. The van der Waals surface area contributed by atoms with Crippen LogP contribution in [0.1, 0.15) is 44.9 Å². The first kappa shape index (κ1) is 20.4. The van der Waals surface area contributed by atoms with Gasteiger partial charge in [0.05, 0.1) is 10.6 Å². The highest BCUT2D eigenvalue weighted by atomic mass is 32.2. The Balaban J connectivity index is 1.30. The van der Waals surface area contributed by atoms with E-state index in [-0.39, 0.29) is 10.8 Å².